The molecular formula is C13H28N2. The molecule has 1 atom stereocenters. The van der Waals surface area contributed by atoms with E-state index in [9.17, 15) is 0 Å². The Labute approximate surface area is 95.2 Å². The van der Waals surface area contributed by atoms with Crippen LogP contribution in [-0.2, 0) is 0 Å². The van der Waals surface area contributed by atoms with Gasteiger partial charge in [-0.1, -0.05) is 45.4 Å². The summed E-state index contributed by atoms with van der Waals surface area (Å²) in [7, 11) is 0. The highest BCUT2D eigenvalue weighted by molar-refractivity contribution is 4.77. The number of rotatable bonds is 8. The third-order valence-electron chi connectivity index (χ3n) is 3.39. The van der Waals surface area contributed by atoms with Crippen molar-refractivity contribution in [3.63, 3.8) is 0 Å². The minimum absolute atomic E-state index is 0.453. The van der Waals surface area contributed by atoms with Crippen molar-refractivity contribution in [2.45, 2.75) is 64.3 Å². The third kappa shape index (κ3) is 6.16. The molecule has 0 spiro atoms. The Balaban J connectivity index is 1.81. The summed E-state index contributed by atoms with van der Waals surface area (Å²) in [5, 5.41) is 0. The quantitative estimate of drug-likeness (QED) is 0.627. The summed E-state index contributed by atoms with van der Waals surface area (Å²) in [4.78, 5) is 2.52. The van der Waals surface area contributed by atoms with Crippen molar-refractivity contribution in [3.05, 3.63) is 0 Å². The monoisotopic (exact) mass is 212 g/mol. The molecule has 1 heterocycles. The topological polar surface area (TPSA) is 29.3 Å². The fourth-order valence-electron chi connectivity index (χ4n) is 2.36. The second-order valence-electron chi connectivity index (χ2n) is 4.97. The van der Waals surface area contributed by atoms with E-state index in [1.807, 2.05) is 0 Å². The normalized spacial score (nSPS) is 22.4. The van der Waals surface area contributed by atoms with Gasteiger partial charge >= 0.3 is 0 Å². The predicted molar refractivity (Wildman–Crippen MR) is 67.0 cm³/mol. The summed E-state index contributed by atoms with van der Waals surface area (Å²) in [5.41, 5.74) is 5.87. The van der Waals surface area contributed by atoms with E-state index in [1.54, 1.807) is 0 Å². The average molecular weight is 212 g/mol. The first-order chi connectivity index (χ1) is 7.33. The lowest BCUT2D eigenvalue weighted by Crippen LogP contribution is -2.27. The van der Waals surface area contributed by atoms with Gasteiger partial charge in [-0.3, -0.25) is 0 Å². The van der Waals surface area contributed by atoms with Gasteiger partial charge in [-0.2, -0.15) is 0 Å². The van der Waals surface area contributed by atoms with Crippen LogP contribution in [0.2, 0.25) is 0 Å². The van der Waals surface area contributed by atoms with Crippen LogP contribution in [0.1, 0.15) is 58.3 Å². The zero-order valence-corrected chi connectivity index (χ0v) is 10.4. The fourth-order valence-corrected chi connectivity index (χ4v) is 2.36. The molecule has 0 aromatic heterocycles. The first-order valence-electron chi connectivity index (χ1n) is 6.81. The molecule has 2 heteroatoms. The van der Waals surface area contributed by atoms with Gasteiger partial charge in [-0.05, 0) is 25.9 Å². The fraction of sp³-hybridized carbons (Fsp3) is 1.00. The third-order valence-corrected chi connectivity index (χ3v) is 3.39. The van der Waals surface area contributed by atoms with Gasteiger partial charge in [0.1, 0.15) is 0 Å². The molecule has 15 heavy (non-hydrogen) atoms. The summed E-state index contributed by atoms with van der Waals surface area (Å²) < 4.78 is 0. The average Bonchev–Trinajstić information content (AvgIpc) is 2.63. The van der Waals surface area contributed by atoms with Crippen LogP contribution in [0.4, 0.5) is 0 Å². The van der Waals surface area contributed by atoms with Gasteiger partial charge in [-0.25, -0.2) is 0 Å². The zero-order chi connectivity index (χ0) is 10.9. The van der Waals surface area contributed by atoms with Crippen molar-refractivity contribution in [1.29, 1.82) is 0 Å². The maximum absolute atomic E-state index is 5.87. The molecule has 1 fully saturated rings. The molecule has 0 unspecified atom stereocenters. The number of unbranched alkanes of at least 4 members (excludes halogenated alkanes) is 6. The molecule has 0 aliphatic carbocycles. The molecule has 0 radical (unpaired) electrons. The van der Waals surface area contributed by atoms with Crippen molar-refractivity contribution in [1.82, 2.24) is 4.90 Å². The highest BCUT2D eigenvalue weighted by Gasteiger charge is 2.17. The molecule has 0 aromatic rings. The molecule has 0 aromatic carbocycles. The van der Waals surface area contributed by atoms with Gasteiger partial charge in [0.15, 0.2) is 0 Å². The number of hydrogen-bond donors (Lipinski definition) is 1. The number of nitrogens with two attached hydrogens (primary N) is 1. The molecule has 1 saturated heterocycles. The zero-order valence-electron chi connectivity index (χ0n) is 10.4. The van der Waals surface area contributed by atoms with Crippen LogP contribution >= 0.6 is 0 Å². The van der Waals surface area contributed by atoms with Crippen LogP contribution < -0.4 is 5.73 Å². The molecule has 90 valence electrons. The standard InChI is InChI=1S/C13H28N2/c1-2-3-4-5-6-7-8-10-15-11-9-13(14)12-15/h13H,2-12,14H2,1H3/t13-/m0/s1. The smallest absolute Gasteiger partial charge is 0.0180 e. The Bertz CT molecular complexity index is 147. The van der Waals surface area contributed by atoms with E-state index in [0.29, 0.717) is 6.04 Å². The van der Waals surface area contributed by atoms with Gasteiger partial charge in [0.25, 0.3) is 0 Å². The molecule has 0 bridgehead atoms. The highest BCUT2D eigenvalue weighted by atomic mass is 15.2. The minimum atomic E-state index is 0.453. The number of hydrogen-bond acceptors (Lipinski definition) is 2. The molecule has 1 aliphatic heterocycles. The Kier molecular flexibility index (Phi) is 7.03. The van der Waals surface area contributed by atoms with Crippen LogP contribution in [-0.4, -0.2) is 30.6 Å². The summed E-state index contributed by atoms with van der Waals surface area (Å²) in [6, 6.07) is 0.453. The molecule has 2 N–H and O–H groups in total. The van der Waals surface area contributed by atoms with E-state index in [1.165, 1.54) is 64.5 Å². The second kappa shape index (κ2) is 8.12. The van der Waals surface area contributed by atoms with E-state index >= 15 is 0 Å². The Morgan fingerprint density at radius 1 is 1.07 bits per heavy atom. The Morgan fingerprint density at radius 2 is 1.73 bits per heavy atom. The molecular weight excluding hydrogens is 184 g/mol. The predicted octanol–water partition coefficient (Wildman–Crippen LogP) is 2.77. The summed E-state index contributed by atoms with van der Waals surface area (Å²) in [6.07, 6.45) is 11.1. The first kappa shape index (κ1) is 13.0. The Morgan fingerprint density at radius 3 is 2.33 bits per heavy atom. The molecule has 0 saturated carbocycles. The van der Waals surface area contributed by atoms with Gasteiger partial charge < -0.3 is 10.6 Å². The van der Waals surface area contributed by atoms with Gasteiger partial charge in [-0.15, -0.1) is 0 Å². The van der Waals surface area contributed by atoms with E-state index in [0.717, 1.165) is 6.54 Å². The summed E-state index contributed by atoms with van der Waals surface area (Å²) in [6.45, 7) is 5.92. The summed E-state index contributed by atoms with van der Waals surface area (Å²) >= 11 is 0. The second-order valence-corrected chi connectivity index (χ2v) is 4.97. The maximum Gasteiger partial charge on any atom is 0.0180 e. The SMILES string of the molecule is CCCCCCCCCN1CC[C@H](N)C1. The van der Waals surface area contributed by atoms with Gasteiger partial charge in [0.2, 0.25) is 0 Å². The maximum atomic E-state index is 5.87. The Hall–Kier alpha value is -0.0800. The van der Waals surface area contributed by atoms with Crippen LogP contribution in [0, 0.1) is 0 Å². The lowest BCUT2D eigenvalue weighted by molar-refractivity contribution is 0.323. The van der Waals surface area contributed by atoms with E-state index in [-0.39, 0.29) is 0 Å². The van der Waals surface area contributed by atoms with Crippen LogP contribution in [0.5, 0.6) is 0 Å². The molecule has 0 amide bonds. The van der Waals surface area contributed by atoms with Crippen LogP contribution in [0.25, 0.3) is 0 Å². The van der Waals surface area contributed by atoms with Crippen molar-refractivity contribution in [2.24, 2.45) is 5.73 Å². The minimum Gasteiger partial charge on any atom is -0.326 e. The van der Waals surface area contributed by atoms with Crippen molar-refractivity contribution < 1.29 is 0 Å². The number of nitrogens with zero attached hydrogens (tertiary/aromatic N) is 1. The summed E-state index contributed by atoms with van der Waals surface area (Å²) in [5.74, 6) is 0. The molecule has 1 aliphatic rings. The molecule has 2 nitrogen and oxygen atoms in total. The van der Waals surface area contributed by atoms with Crippen LogP contribution in [0.15, 0.2) is 0 Å². The van der Waals surface area contributed by atoms with Gasteiger partial charge in [0.05, 0.1) is 0 Å². The van der Waals surface area contributed by atoms with E-state index in [2.05, 4.69) is 11.8 Å². The lowest BCUT2D eigenvalue weighted by atomic mass is 10.1. The molecule has 1 rings (SSSR count). The van der Waals surface area contributed by atoms with Gasteiger partial charge in [0, 0.05) is 12.6 Å². The highest BCUT2D eigenvalue weighted by Crippen LogP contribution is 2.10. The lowest BCUT2D eigenvalue weighted by Gasteiger charge is -2.14. The van der Waals surface area contributed by atoms with Crippen LogP contribution in [0.3, 0.4) is 0 Å². The van der Waals surface area contributed by atoms with E-state index < -0.39 is 0 Å². The van der Waals surface area contributed by atoms with Crippen molar-refractivity contribution in [2.75, 3.05) is 19.6 Å². The van der Waals surface area contributed by atoms with Crippen molar-refractivity contribution >= 4 is 0 Å². The van der Waals surface area contributed by atoms with E-state index in [4.69, 9.17) is 5.73 Å². The largest absolute Gasteiger partial charge is 0.326 e. The van der Waals surface area contributed by atoms with Crippen molar-refractivity contribution in [3.8, 4) is 0 Å². The first-order valence-corrected chi connectivity index (χ1v) is 6.81. The number of likely N-dealkylation sites (tertiary alicyclic amines) is 1.